The molecule has 0 atom stereocenters. The van der Waals surface area contributed by atoms with Gasteiger partial charge in [0, 0.05) is 39.8 Å². The van der Waals surface area contributed by atoms with E-state index in [9.17, 15) is 0 Å². The van der Waals surface area contributed by atoms with Crippen LogP contribution >= 0.6 is 24.0 Å². The van der Waals surface area contributed by atoms with E-state index in [4.69, 9.17) is 9.73 Å². The zero-order chi connectivity index (χ0) is 18.2. The summed E-state index contributed by atoms with van der Waals surface area (Å²) in [7, 11) is 1.78. The van der Waals surface area contributed by atoms with Crippen LogP contribution in [0.4, 0.5) is 0 Å². The standard InChI is InChI=1S/C21H34N4O.HI/c1-3-22-21(25-13-10-19-6-4-5-7-20(19)17-25)23-16-18-8-11-24(12-9-18)14-15-26-2;/h4-7,18H,3,8-17H2,1-2H3,(H,22,23);1H. The first-order valence-corrected chi connectivity index (χ1v) is 10.1. The van der Waals surface area contributed by atoms with Gasteiger partial charge in [-0.15, -0.1) is 24.0 Å². The van der Waals surface area contributed by atoms with Crippen molar-refractivity contribution in [3.8, 4) is 0 Å². The molecule has 0 aromatic heterocycles. The lowest BCUT2D eigenvalue weighted by molar-refractivity contribution is 0.121. The largest absolute Gasteiger partial charge is 0.383 e. The van der Waals surface area contributed by atoms with Gasteiger partial charge < -0.3 is 19.9 Å². The van der Waals surface area contributed by atoms with Crippen LogP contribution in [0.5, 0.6) is 0 Å². The summed E-state index contributed by atoms with van der Waals surface area (Å²) in [6.07, 6.45) is 3.60. The molecule has 2 aliphatic rings. The van der Waals surface area contributed by atoms with E-state index >= 15 is 0 Å². The molecule has 1 N–H and O–H groups in total. The van der Waals surface area contributed by atoms with Gasteiger partial charge in [-0.05, 0) is 56.3 Å². The molecule has 0 unspecified atom stereocenters. The molecule has 0 saturated carbocycles. The van der Waals surface area contributed by atoms with Gasteiger partial charge in [0.15, 0.2) is 5.96 Å². The molecule has 27 heavy (non-hydrogen) atoms. The molecule has 0 aliphatic carbocycles. The molecule has 2 heterocycles. The molecule has 152 valence electrons. The number of nitrogens with one attached hydrogen (secondary N) is 1. The number of likely N-dealkylation sites (tertiary alicyclic amines) is 1. The second-order valence-electron chi connectivity index (χ2n) is 7.41. The predicted molar refractivity (Wildman–Crippen MR) is 123 cm³/mol. The van der Waals surface area contributed by atoms with E-state index in [2.05, 4.69) is 46.3 Å². The van der Waals surface area contributed by atoms with Crippen LogP contribution in [0.25, 0.3) is 0 Å². The third-order valence-corrected chi connectivity index (χ3v) is 5.58. The van der Waals surface area contributed by atoms with Gasteiger partial charge in [0.05, 0.1) is 6.61 Å². The number of rotatable bonds is 6. The number of aliphatic imine (C=N–C) groups is 1. The highest BCUT2D eigenvalue weighted by Crippen LogP contribution is 2.20. The summed E-state index contributed by atoms with van der Waals surface area (Å²) >= 11 is 0. The average Bonchev–Trinajstić information content (AvgIpc) is 2.70. The lowest BCUT2D eigenvalue weighted by Gasteiger charge is -2.33. The quantitative estimate of drug-likeness (QED) is 0.382. The first-order chi connectivity index (χ1) is 12.8. The van der Waals surface area contributed by atoms with E-state index in [0.717, 1.165) is 51.7 Å². The maximum atomic E-state index is 5.19. The maximum absolute atomic E-state index is 5.19. The van der Waals surface area contributed by atoms with E-state index in [1.54, 1.807) is 7.11 Å². The second kappa shape index (κ2) is 11.9. The Bertz CT molecular complexity index is 587. The molecule has 2 aliphatic heterocycles. The second-order valence-corrected chi connectivity index (χ2v) is 7.41. The highest BCUT2D eigenvalue weighted by atomic mass is 127. The van der Waals surface area contributed by atoms with E-state index in [1.807, 2.05) is 0 Å². The minimum absolute atomic E-state index is 0. The third kappa shape index (κ3) is 6.61. The van der Waals surface area contributed by atoms with Crippen molar-refractivity contribution >= 4 is 29.9 Å². The van der Waals surface area contributed by atoms with Gasteiger partial charge in [-0.25, -0.2) is 0 Å². The SMILES string of the molecule is CCNC(=NCC1CCN(CCOC)CC1)N1CCc2ccccc2C1.I. The molecule has 3 rings (SSSR count). The smallest absolute Gasteiger partial charge is 0.194 e. The molecule has 1 fully saturated rings. The Labute approximate surface area is 181 Å². The van der Waals surface area contributed by atoms with Crippen molar-refractivity contribution in [1.29, 1.82) is 0 Å². The molecular formula is C21H35IN4O. The van der Waals surface area contributed by atoms with Crippen LogP contribution in [0.2, 0.25) is 0 Å². The lowest BCUT2D eigenvalue weighted by atomic mass is 9.97. The molecule has 5 nitrogen and oxygen atoms in total. The summed E-state index contributed by atoms with van der Waals surface area (Å²) in [6, 6.07) is 8.80. The average molecular weight is 486 g/mol. The van der Waals surface area contributed by atoms with Crippen LogP contribution in [-0.2, 0) is 17.7 Å². The Balaban J connectivity index is 0.00000261. The van der Waals surface area contributed by atoms with Crippen LogP contribution in [0.1, 0.15) is 30.9 Å². The summed E-state index contributed by atoms with van der Waals surface area (Å²) in [5, 5.41) is 3.51. The van der Waals surface area contributed by atoms with Gasteiger partial charge in [0.1, 0.15) is 0 Å². The Morgan fingerprint density at radius 3 is 2.63 bits per heavy atom. The summed E-state index contributed by atoms with van der Waals surface area (Å²) in [5.74, 6) is 1.79. The number of hydrogen-bond acceptors (Lipinski definition) is 3. The fraction of sp³-hybridized carbons (Fsp3) is 0.667. The Morgan fingerprint density at radius 1 is 1.19 bits per heavy atom. The van der Waals surface area contributed by atoms with Crippen LogP contribution in [-0.4, -0.2) is 68.7 Å². The molecular weight excluding hydrogens is 451 g/mol. The summed E-state index contributed by atoms with van der Waals surface area (Å²) in [4.78, 5) is 9.94. The van der Waals surface area contributed by atoms with Crippen molar-refractivity contribution in [3.05, 3.63) is 35.4 Å². The van der Waals surface area contributed by atoms with Gasteiger partial charge >= 0.3 is 0 Å². The van der Waals surface area contributed by atoms with Crippen molar-refractivity contribution in [3.63, 3.8) is 0 Å². The number of nitrogens with zero attached hydrogens (tertiary/aromatic N) is 3. The molecule has 6 heteroatoms. The third-order valence-electron chi connectivity index (χ3n) is 5.58. The monoisotopic (exact) mass is 486 g/mol. The summed E-state index contributed by atoms with van der Waals surface area (Å²) in [5.41, 5.74) is 2.93. The fourth-order valence-corrected chi connectivity index (χ4v) is 3.93. The van der Waals surface area contributed by atoms with Gasteiger partial charge in [-0.2, -0.15) is 0 Å². The maximum Gasteiger partial charge on any atom is 0.194 e. The minimum atomic E-state index is 0. The molecule has 0 amide bonds. The highest BCUT2D eigenvalue weighted by Gasteiger charge is 2.21. The van der Waals surface area contributed by atoms with Crippen LogP contribution in [0.3, 0.4) is 0 Å². The van der Waals surface area contributed by atoms with Gasteiger partial charge in [-0.1, -0.05) is 24.3 Å². The first kappa shape index (κ1) is 22.4. The number of methoxy groups -OCH3 is 1. The van der Waals surface area contributed by atoms with Crippen molar-refractivity contribution < 1.29 is 4.74 Å². The molecule has 1 aromatic carbocycles. The van der Waals surface area contributed by atoms with Crippen LogP contribution in [0.15, 0.2) is 29.3 Å². The van der Waals surface area contributed by atoms with Crippen molar-refractivity contribution in [2.75, 3.05) is 53.0 Å². The summed E-state index contributed by atoms with van der Waals surface area (Å²) in [6.45, 7) is 10.3. The fourth-order valence-electron chi connectivity index (χ4n) is 3.93. The van der Waals surface area contributed by atoms with Crippen molar-refractivity contribution in [2.45, 2.75) is 32.7 Å². The van der Waals surface area contributed by atoms with E-state index in [-0.39, 0.29) is 24.0 Å². The zero-order valence-electron chi connectivity index (χ0n) is 16.8. The Morgan fingerprint density at radius 2 is 1.93 bits per heavy atom. The molecule has 0 radical (unpaired) electrons. The van der Waals surface area contributed by atoms with E-state index in [1.165, 1.54) is 37.1 Å². The molecule has 0 spiro atoms. The van der Waals surface area contributed by atoms with E-state index in [0.29, 0.717) is 5.92 Å². The first-order valence-electron chi connectivity index (χ1n) is 10.1. The topological polar surface area (TPSA) is 40.1 Å². The van der Waals surface area contributed by atoms with Gasteiger partial charge in [0.25, 0.3) is 0 Å². The number of halogens is 1. The number of piperidine rings is 1. The molecule has 1 saturated heterocycles. The summed E-state index contributed by atoms with van der Waals surface area (Å²) < 4.78 is 5.19. The molecule has 1 aromatic rings. The number of hydrogen-bond donors (Lipinski definition) is 1. The highest BCUT2D eigenvalue weighted by molar-refractivity contribution is 14.0. The van der Waals surface area contributed by atoms with Gasteiger partial charge in [0.2, 0.25) is 0 Å². The number of guanidine groups is 1. The van der Waals surface area contributed by atoms with Crippen LogP contribution < -0.4 is 5.32 Å². The lowest BCUT2D eigenvalue weighted by Crippen LogP contribution is -2.44. The Hall–Kier alpha value is -0.860. The van der Waals surface area contributed by atoms with Crippen LogP contribution in [0, 0.1) is 5.92 Å². The van der Waals surface area contributed by atoms with E-state index < -0.39 is 0 Å². The van der Waals surface area contributed by atoms with Crippen molar-refractivity contribution in [2.24, 2.45) is 10.9 Å². The number of fused-ring (bicyclic) bond motifs is 1. The number of ether oxygens (including phenoxy) is 1. The minimum Gasteiger partial charge on any atom is -0.383 e. The van der Waals surface area contributed by atoms with Crippen molar-refractivity contribution in [1.82, 2.24) is 15.1 Å². The zero-order valence-corrected chi connectivity index (χ0v) is 19.2. The Kier molecular flexibility index (Phi) is 9.86. The predicted octanol–water partition coefficient (Wildman–Crippen LogP) is 2.99. The molecule has 0 bridgehead atoms. The normalized spacial score (nSPS) is 18.7. The van der Waals surface area contributed by atoms with Gasteiger partial charge in [-0.3, -0.25) is 4.99 Å². The number of benzene rings is 1.